The van der Waals surface area contributed by atoms with E-state index in [1.54, 1.807) is 29.2 Å². The van der Waals surface area contributed by atoms with E-state index in [2.05, 4.69) is 20.3 Å². The van der Waals surface area contributed by atoms with Gasteiger partial charge in [0.05, 0.1) is 51.3 Å². The number of amides is 3. The maximum atomic E-state index is 14.2. The number of para-hydroxylation sites is 2. The summed E-state index contributed by atoms with van der Waals surface area (Å²) in [4.78, 5) is 85.6. The summed E-state index contributed by atoms with van der Waals surface area (Å²) in [6.07, 6.45) is -1.17. The first-order valence-corrected chi connectivity index (χ1v) is 20.3. The largest absolute Gasteiger partial charge is 0.508 e. The van der Waals surface area contributed by atoms with Crippen molar-refractivity contribution in [1.82, 2.24) is 10.6 Å². The zero-order chi connectivity index (χ0) is 44.5. The summed E-state index contributed by atoms with van der Waals surface area (Å²) < 4.78 is 33.2. The maximum Gasteiger partial charge on any atom is 0.508 e. The van der Waals surface area contributed by atoms with E-state index >= 15 is 0 Å². The molecule has 0 bridgehead atoms. The van der Waals surface area contributed by atoms with Crippen molar-refractivity contribution in [3.8, 4) is 5.75 Å². The minimum absolute atomic E-state index is 0.0366. The Bertz CT molecular complexity index is 1500. The summed E-state index contributed by atoms with van der Waals surface area (Å²) in [6, 6.07) is 6.09. The van der Waals surface area contributed by atoms with Gasteiger partial charge in [-0.15, -0.1) is 20.2 Å². The normalized spacial score (nSPS) is 15.1. The molecule has 60 heavy (non-hydrogen) atoms. The van der Waals surface area contributed by atoms with Gasteiger partial charge in [-0.3, -0.25) is 9.59 Å². The van der Waals surface area contributed by atoms with Crippen LogP contribution in [-0.2, 0) is 42.9 Å². The molecule has 2 rings (SSSR count). The summed E-state index contributed by atoms with van der Waals surface area (Å²) in [7, 11) is 1.50. The molecule has 0 radical (unpaired) electrons. The first-order valence-electron chi connectivity index (χ1n) is 20.3. The highest BCUT2D eigenvalue weighted by atomic mass is 17.0. The van der Waals surface area contributed by atoms with E-state index < -0.39 is 52.0 Å². The fourth-order valence-corrected chi connectivity index (χ4v) is 6.44. The van der Waals surface area contributed by atoms with Crippen molar-refractivity contribution >= 4 is 29.8 Å². The summed E-state index contributed by atoms with van der Waals surface area (Å²) in [5.41, 5.74) is -0.311. The third kappa shape index (κ3) is 20.2. The number of hydrogen-bond donors (Lipinski definition) is 2. The number of methoxy groups -OCH3 is 1. The molecule has 1 aromatic carbocycles. The van der Waals surface area contributed by atoms with E-state index in [-0.39, 0.29) is 109 Å². The smallest absolute Gasteiger partial charge is 0.484 e. The van der Waals surface area contributed by atoms with Crippen molar-refractivity contribution < 1.29 is 67.4 Å². The minimum Gasteiger partial charge on any atom is -0.484 e. The number of nitrogens with one attached hydrogen (secondary N) is 2. The predicted octanol–water partition coefficient (Wildman–Crippen LogP) is 5.38. The van der Waals surface area contributed by atoms with Crippen molar-refractivity contribution in [2.24, 2.45) is 17.3 Å². The van der Waals surface area contributed by atoms with Crippen molar-refractivity contribution in [3.05, 3.63) is 44.5 Å². The molecule has 1 aliphatic heterocycles. The number of rotatable bonds is 30. The van der Waals surface area contributed by atoms with Crippen LogP contribution in [0, 0.1) is 37.5 Å². The van der Waals surface area contributed by atoms with Crippen LogP contribution in [0.1, 0.15) is 92.4 Å². The molecule has 1 heterocycles. The van der Waals surface area contributed by atoms with Crippen molar-refractivity contribution in [2.75, 3.05) is 64.9 Å². The van der Waals surface area contributed by atoms with Crippen LogP contribution in [0.2, 0.25) is 0 Å². The summed E-state index contributed by atoms with van der Waals surface area (Å²) in [6.45, 7) is 9.52. The van der Waals surface area contributed by atoms with E-state index in [0.717, 1.165) is 12.8 Å². The second kappa shape index (κ2) is 27.6. The molecule has 21 heteroatoms. The predicted molar refractivity (Wildman–Crippen MR) is 214 cm³/mol. The van der Waals surface area contributed by atoms with E-state index in [1.807, 2.05) is 34.6 Å². The lowest BCUT2D eigenvalue weighted by atomic mass is 9.78. The summed E-state index contributed by atoms with van der Waals surface area (Å²) in [5.74, 6) is -0.941. The van der Waals surface area contributed by atoms with Gasteiger partial charge in [0.25, 0.3) is 10.2 Å². The van der Waals surface area contributed by atoms with Gasteiger partial charge in [0.15, 0.2) is 0 Å². The van der Waals surface area contributed by atoms with E-state index in [1.165, 1.54) is 7.11 Å². The first-order chi connectivity index (χ1) is 28.6. The molecular formula is C39H63N5O16. The molecule has 4 atom stereocenters. The number of nitrogens with zero attached hydrogens (tertiary/aromatic N) is 3. The summed E-state index contributed by atoms with van der Waals surface area (Å²) >= 11 is 0. The SMILES string of the molecule is CCCCNC(=O)[C@@H](C[C@H](OC(=O)OCCCCO[N+](=O)[O-])C(CC(C)(C)CC(=O)N1C[C@H](COCOC)Oc2ccccc21)NC(=O)OCCCCO[N+](=O)[O-])C(C)C. The number of carbonyl (C=O) groups is 4. The van der Waals surface area contributed by atoms with E-state index in [9.17, 15) is 39.4 Å². The number of fused-ring (bicyclic) bond motifs is 1. The molecule has 1 unspecified atom stereocenters. The van der Waals surface area contributed by atoms with Gasteiger partial charge in [-0.2, -0.15) is 0 Å². The molecule has 1 aliphatic rings. The molecular weight excluding hydrogens is 794 g/mol. The molecule has 0 aliphatic carbocycles. The van der Waals surface area contributed by atoms with Gasteiger partial charge >= 0.3 is 12.2 Å². The number of hydrogen-bond acceptors (Lipinski definition) is 16. The van der Waals surface area contributed by atoms with Gasteiger partial charge in [-0.25, -0.2) is 9.59 Å². The van der Waals surface area contributed by atoms with E-state index in [4.69, 9.17) is 28.4 Å². The van der Waals surface area contributed by atoms with Crippen LogP contribution in [0.3, 0.4) is 0 Å². The van der Waals surface area contributed by atoms with Crippen molar-refractivity contribution in [3.63, 3.8) is 0 Å². The maximum absolute atomic E-state index is 14.2. The van der Waals surface area contributed by atoms with Crippen LogP contribution in [0.25, 0.3) is 0 Å². The average Bonchev–Trinajstić information content (AvgIpc) is 3.18. The molecule has 0 saturated carbocycles. The number of carbonyl (C=O) groups excluding carboxylic acids is 4. The second-order valence-electron chi connectivity index (χ2n) is 15.4. The van der Waals surface area contributed by atoms with Crippen LogP contribution in [0.5, 0.6) is 5.75 Å². The van der Waals surface area contributed by atoms with Crippen molar-refractivity contribution in [2.45, 2.75) is 111 Å². The molecule has 340 valence electrons. The lowest BCUT2D eigenvalue weighted by molar-refractivity contribution is -0.757. The Labute approximate surface area is 350 Å². The highest BCUT2D eigenvalue weighted by Crippen LogP contribution is 2.37. The topological polar surface area (TPSA) is 256 Å². The fraction of sp³-hybridized carbons (Fsp3) is 0.744. The third-order valence-corrected chi connectivity index (χ3v) is 9.42. The highest BCUT2D eigenvalue weighted by molar-refractivity contribution is 5.95. The van der Waals surface area contributed by atoms with Gasteiger partial charge < -0.3 is 53.6 Å². The average molecular weight is 858 g/mol. The van der Waals surface area contributed by atoms with Gasteiger partial charge in [0, 0.05) is 26.0 Å². The van der Waals surface area contributed by atoms with Gasteiger partial charge in [-0.1, -0.05) is 53.2 Å². The van der Waals surface area contributed by atoms with Gasteiger partial charge in [0.2, 0.25) is 11.8 Å². The van der Waals surface area contributed by atoms with Crippen LogP contribution in [-0.4, -0.2) is 113 Å². The monoisotopic (exact) mass is 857 g/mol. The lowest BCUT2D eigenvalue weighted by Gasteiger charge is -2.38. The van der Waals surface area contributed by atoms with Crippen LogP contribution >= 0.6 is 0 Å². The minimum atomic E-state index is -1.18. The number of benzene rings is 1. The summed E-state index contributed by atoms with van der Waals surface area (Å²) in [5, 5.41) is 24.9. The molecule has 0 saturated heterocycles. The Morgan fingerprint density at radius 3 is 2.20 bits per heavy atom. The number of unbranched alkanes of at least 4 members (excludes halogenated alkanes) is 3. The van der Waals surface area contributed by atoms with Crippen molar-refractivity contribution in [1.29, 1.82) is 0 Å². The zero-order valence-electron chi connectivity index (χ0n) is 35.6. The van der Waals surface area contributed by atoms with Crippen LogP contribution in [0.15, 0.2) is 24.3 Å². The standard InChI is InChI=1S/C39H63N5O16/c1-7-8-17-40-36(46)30(28(2)3)22-34(60-38(48)56-19-12-14-21-58-44(51)52)31(41-37(47)55-18-11-13-20-57-43(49)50)23-39(4,5)24-35(45)42-25-29(26-54-27-53-6)59-33-16-10-9-15-32(33)42/h9-10,15-16,28-31,34H,7-8,11-14,17-27H2,1-6H3,(H,40,46)(H,41,47)/t29-,30+,31?,34+/m1/s1. The molecule has 3 amide bonds. The highest BCUT2D eigenvalue weighted by Gasteiger charge is 2.40. The molecule has 0 fully saturated rings. The third-order valence-electron chi connectivity index (χ3n) is 9.42. The first kappa shape index (κ1) is 51.0. The van der Waals surface area contributed by atoms with Gasteiger partial charge in [-0.05, 0) is 68.4 Å². The molecule has 21 nitrogen and oxygen atoms in total. The number of ether oxygens (including phenoxy) is 6. The second-order valence-corrected chi connectivity index (χ2v) is 15.4. The molecule has 0 spiro atoms. The molecule has 2 N–H and O–H groups in total. The molecule has 1 aromatic rings. The van der Waals surface area contributed by atoms with E-state index in [0.29, 0.717) is 18.0 Å². The Kier molecular flexibility index (Phi) is 23.4. The van der Waals surface area contributed by atoms with Crippen LogP contribution < -0.4 is 20.3 Å². The Morgan fingerprint density at radius 2 is 1.58 bits per heavy atom. The van der Waals surface area contributed by atoms with Gasteiger partial charge in [0.1, 0.15) is 24.8 Å². The Morgan fingerprint density at radius 1 is 0.950 bits per heavy atom. The Balaban J connectivity index is 2.42. The Hall–Kier alpha value is -5.18. The quantitative estimate of drug-likeness (QED) is 0.0324. The number of anilines is 1. The zero-order valence-corrected chi connectivity index (χ0v) is 35.6. The molecule has 0 aromatic heterocycles. The fourth-order valence-electron chi connectivity index (χ4n) is 6.44. The number of alkyl carbamates (subject to hydrolysis) is 1. The van der Waals surface area contributed by atoms with Crippen LogP contribution in [0.4, 0.5) is 15.3 Å². The lowest BCUT2D eigenvalue weighted by Crippen LogP contribution is -2.51.